The molecule has 1 aromatic carbocycles. The zero-order chi connectivity index (χ0) is 16.9. The Morgan fingerprint density at radius 3 is 2.35 bits per heavy atom. The first kappa shape index (κ1) is 16.8. The molecule has 1 heterocycles. The number of hydrogen-bond donors (Lipinski definition) is 2. The van der Waals surface area contributed by atoms with Gasteiger partial charge in [-0.1, -0.05) is 18.2 Å². The normalized spacial score (nSPS) is 10.9. The standard InChI is InChI=1S/C14H11F3N2O3S/c15-14(16,17)22-10-5-3-9(4-6-10)8-12(20)18-19-13(21)11-2-1-7-23-11/h1-7H,8H2,(H,18,20)(H,19,21). The summed E-state index contributed by atoms with van der Waals surface area (Å²) in [5.74, 6) is -1.31. The van der Waals surface area contributed by atoms with Crippen molar-refractivity contribution >= 4 is 23.2 Å². The van der Waals surface area contributed by atoms with Gasteiger partial charge in [-0.2, -0.15) is 0 Å². The number of alkyl halides is 3. The van der Waals surface area contributed by atoms with Crippen LogP contribution in [0.25, 0.3) is 0 Å². The molecular weight excluding hydrogens is 333 g/mol. The monoisotopic (exact) mass is 344 g/mol. The van der Waals surface area contributed by atoms with Crippen molar-refractivity contribution < 1.29 is 27.5 Å². The molecule has 0 radical (unpaired) electrons. The summed E-state index contributed by atoms with van der Waals surface area (Å²) in [5.41, 5.74) is 4.95. The second-order valence-electron chi connectivity index (χ2n) is 4.35. The highest BCUT2D eigenvalue weighted by Crippen LogP contribution is 2.22. The molecule has 2 aromatic rings. The van der Waals surface area contributed by atoms with E-state index in [1.165, 1.54) is 23.5 Å². The highest BCUT2D eigenvalue weighted by Gasteiger charge is 2.30. The van der Waals surface area contributed by atoms with Crippen LogP contribution >= 0.6 is 11.3 Å². The van der Waals surface area contributed by atoms with E-state index in [1.807, 2.05) is 0 Å². The van der Waals surface area contributed by atoms with Crippen LogP contribution in [0.2, 0.25) is 0 Å². The number of rotatable bonds is 4. The minimum Gasteiger partial charge on any atom is -0.406 e. The van der Waals surface area contributed by atoms with E-state index in [1.54, 1.807) is 17.5 Å². The highest BCUT2D eigenvalue weighted by molar-refractivity contribution is 7.12. The van der Waals surface area contributed by atoms with Gasteiger partial charge in [-0.25, -0.2) is 0 Å². The highest BCUT2D eigenvalue weighted by atomic mass is 32.1. The van der Waals surface area contributed by atoms with Crippen LogP contribution in [0.15, 0.2) is 41.8 Å². The SMILES string of the molecule is O=C(Cc1ccc(OC(F)(F)F)cc1)NNC(=O)c1cccs1. The van der Waals surface area contributed by atoms with Gasteiger partial charge in [0.1, 0.15) is 5.75 Å². The fourth-order valence-electron chi connectivity index (χ4n) is 1.63. The predicted molar refractivity (Wildman–Crippen MR) is 76.8 cm³/mol. The lowest BCUT2D eigenvalue weighted by molar-refractivity contribution is -0.274. The summed E-state index contributed by atoms with van der Waals surface area (Å²) in [6.07, 6.45) is -4.86. The Balaban J connectivity index is 1.82. The third-order valence-corrected chi connectivity index (χ3v) is 3.45. The zero-order valence-corrected chi connectivity index (χ0v) is 12.3. The van der Waals surface area contributed by atoms with Crippen molar-refractivity contribution in [2.24, 2.45) is 0 Å². The Morgan fingerprint density at radius 2 is 1.78 bits per heavy atom. The molecule has 0 bridgehead atoms. The molecule has 122 valence electrons. The molecule has 0 saturated heterocycles. The summed E-state index contributed by atoms with van der Waals surface area (Å²) in [7, 11) is 0. The number of halogens is 3. The number of hydrazine groups is 1. The van der Waals surface area contributed by atoms with Crippen LogP contribution < -0.4 is 15.6 Å². The minimum absolute atomic E-state index is 0.100. The summed E-state index contributed by atoms with van der Waals surface area (Å²) in [4.78, 5) is 23.7. The molecule has 23 heavy (non-hydrogen) atoms. The zero-order valence-electron chi connectivity index (χ0n) is 11.5. The van der Waals surface area contributed by atoms with Gasteiger partial charge in [0.2, 0.25) is 5.91 Å². The molecule has 9 heteroatoms. The van der Waals surface area contributed by atoms with Gasteiger partial charge in [-0.3, -0.25) is 20.4 Å². The van der Waals surface area contributed by atoms with Crippen molar-refractivity contribution in [2.75, 3.05) is 0 Å². The molecule has 0 fully saturated rings. The van der Waals surface area contributed by atoms with E-state index in [-0.39, 0.29) is 12.2 Å². The molecule has 0 spiro atoms. The molecule has 2 N–H and O–H groups in total. The van der Waals surface area contributed by atoms with Crippen LogP contribution in [0.3, 0.4) is 0 Å². The van der Waals surface area contributed by atoms with Crippen LogP contribution in [0.1, 0.15) is 15.2 Å². The average molecular weight is 344 g/mol. The van der Waals surface area contributed by atoms with Gasteiger partial charge in [-0.15, -0.1) is 24.5 Å². The number of carbonyl (C=O) groups excluding carboxylic acids is 2. The van der Waals surface area contributed by atoms with Crippen LogP contribution in [-0.4, -0.2) is 18.2 Å². The molecule has 0 saturated carbocycles. The molecule has 0 unspecified atom stereocenters. The molecule has 2 rings (SSSR count). The molecular formula is C14H11F3N2O3S. The molecule has 0 aliphatic heterocycles. The Hall–Kier alpha value is -2.55. The number of nitrogens with one attached hydrogen (secondary N) is 2. The Kier molecular flexibility index (Phi) is 5.22. The summed E-state index contributed by atoms with van der Waals surface area (Å²) in [6, 6.07) is 8.20. The number of amides is 2. The van der Waals surface area contributed by atoms with Gasteiger partial charge in [0.15, 0.2) is 0 Å². The number of thiophene rings is 1. The van der Waals surface area contributed by atoms with E-state index >= 15 is 0 Å². The lowest BCUT2D eigenvalue weighted by Gasteiger charge is -2.09. The Labute approximate surface area is 133 Å². The maximum atomic E-state index is 12.0. The topological polar surface area (TPSA) is 67.4 Å². The van der Waals surface area contributed by atoms with Crippen LogP contribution in [-0.2, 0) is 11.2 Å². The summed E-state index contributed by atoms with van der Waals surface area (Å²) in [5, 5.41) is 1.72. The fourth-order valence-corrected chi connectivity index (χ4v) is 2.25. The van der Waals surface area contributed by atoms with E-state index in [4.69, 9.17) is 0 Å². The fraction of sp³-hybridized carbons (Fsp3) is 0.143. The van der Waals surface area contributed by atoms with Crippen molar-refractivity contribution in [2.45, 2.75) is 12.8 Å². The largest absolute Gasteiger partial charge is 0.573 e. The second kappa shape index (κ2) is 7.14. The van der Waals surface area contributed by atoms with Crippen LogP contribution in [0, 0.1) is 0 Å². The van der Waals surface area contributed by atoms with Crippen molar-refractivity contribution in [3.05, 3.63) is 52.2 Å². The van der Waals surface area contributed by atoms with Gasteiger partial charge in [0.25, 0.3) is 5.91 Å². The third kappa shape index (κ3) is 5.62. The third-order valence-electron chi connectivity index (χ3n) is 2.58. The Bertz CT molecular complexity index is 670. The molecule has 0 atom stereocenters. The van der Waals surface area contributed by atoms with Crippen LogP contribution in [0.5, 0.6) is 5.75 Å². The minimum atomic E-state index is -4.76. The molecule has 5 nitrogen and oxygen atoms in total. The lowest BCUT2D eigenvalue weighted by atomic mass is 10.1. The van der Waals surface area contributed by atoms with Crippen molar-refractivity contribution in [1.82, 2.24) is 10.9 Å². The molecule has 1 aromatic heterocycles. The number of carbonyl (C=O) groups is 2. The van der Waals surface area contributed by atoms with Gasteiger partial charge >= 0.3 is 6.36 Å². The van der Waals surface area contributed by atoms with Gasteiger partial charge < -0.3 is 4.74 Å². The summed E-state index contributed by atoms with van der Waals surface area (Å²) >= 11 is 1.22. The maximum Gasteiger partial charge on any atom is 0.573 e. The first-order valence-corrected chi connectivity index (χ1v) is 7.19. The van der Waals surface area contributed by atoms with Crippen molar-refractivity contribution in [1.29, 1.82) is 0 Å². The van der Waals surface area contributed by atoms with E-state index in [2.05, 4.69) is 15.6 Å². The number of hydrogen-bond acceptors (Lipinski definition) is 4. The quantitative estimate of drug-likeness (QED) is 0.838. The Morgan fingerprint density at radius 1 is 1.09 bits per heavy atom. The molecule has 0 aliphatic rings. The average Bonchev–Trinajstić information content (AvgIpc) is 2.99. The molecule has 2 amide bonds. The smallest absolute Gasteiger partial charge is 0.406 e. The van der Waals surface area contributed by atoms with Gasteiger partial charge in [-0.05, 0) is 29.1 Å². The van der Waals surface area contributed by atoms with Gasteiger partial charge in [0, 0.05) is 0 Å². The first-order valence-electron chi connectivity index (χ1n) is 6.31. The van der Waals surface area contributed by atoms with E-state index in [0.717, 1.165) is 12.1 Å². The van der Waals surface area contributed by atoms with Crippen molar-refractivity contribution in [3.63, 3.8) is 0 Å². The predicted octanol–water partition coefficient (Wildman–Crippen LogP) is 2.65. The molecule has 0 aliphatic carbocycles. The van der Waals surface area contributed by atoms with E-state index in [0.29, 0.717) is 10.4 Å². The number of benzene rings is 1. The van der Waals surface area contributed by atoms with E-state index < -0.39 is 18.2 Å². The lowest BCUT2D eigenvalue weighted by Crippen LogP contribution is -2.42. The van der Waals surface area contributed by atoms with Crippen molar-refractivity contribution in [3.8, 4) is 5.75 Å². The van der Waals surface area contributed by atoms with Gasteiger partial charge in [0.05, 0.1) is 11.3 Å². The number of ether oxygens (including phenoxy) is 1. The second-order valence-corrected chi connectivity index (χ2v) is 5.30. The maximum absolute atomic E-state index is 12.0. The van der Waals surface area contributed by atoms with Crippen LogP contribution in [0.4, 0.5) is 13.2 Å². The first-order chi connectivity index (χ1) is 10.8. The summed E-state index contributed by atoms with van der Waals surface area (Å²) in [6.45, 7) is 0. The van der Waals surface area contributed by atoms with E-state index in [9.17, 15) is 22.8 Å². The summed E-state index contributed by atoms with van der Waals surface area (Å²) < 4.78 is 39.8.